The third-order valence-corrected chi connectivity index (χ3v) is 3.28. The summed E-state index contributed by atoms with van der Waals surface area (Å²) >= 11 is 0. The van der Waals surface area contributed by atoms with Crippen LogP contribution < -0.4 is 5.32 Å². The second-order valence-electron chi connectivity index (χ2n) is 5.04. The van der Waals surface area contributed by atoms with E-state index in [1.807, 2.05) is 6.92 Å². The highest BCUT2D eigenvalue weighted by atomic mass is 16.5. The molecule has 0 saturated carbocycles. The van der Waals surface area contributed by atoms with Crippen LogP contribution in [0, 0.1) is 5.92 Å². The Balaban J connectivity index is 3.15. The molecule has 0 aliphatic rings. The molecule has 1 amide bonds. The predicted octanol–water partition coefficient (Wildman–Crippen LogP) is 3.02. The van der Waals surface area contributed by atoms with E-state index in [1.165, 1.54) is 18.2 Å². The normalized spacial score (nSPS) is 11.5. The van der Waals surface area contributed by atoms with Crippen molar-refractivity contribution in [2.45, 2.75) is 34.1 Å². The first-order chi connectivity index (χ1) is 10.9. The number of rotatable bonds is 7. The largest absolute Gasteiger partial charge is 0.462 e. The molecule has 1 N–H and O–H groups in total. The third kappa shape index (κ3) is 5.39. The maximum absolute atomic E-state index is 12.0. The summed E-state index contributed by atoms with van der Waals surface area (Å²) in [6.07, 6.45) is 0.689. The molecule has 0 fully saturated rings. The number of hydrogen-bond acceptors (Lipinski definition) is 5. The van der Waals surface area contributed by atoms with E-state index in [2.05, 4.69) is 5.32 Å². The van der Waals surface area contributed by atoms with Gasteiger partial charge in [0.25, 0.3) is 0 Å². The lowest BCUT2D eigenvalue weighted by molar-refractivity contribution is -0.119. The van der Waals surface area contributed by atoms with Crippen molar-refractivity contribution in [3.63, 3.8) is 0 Å². The molecule has 0 aliphatic heterocycles. The SMILES string of the molecule is CCOC(=O)c1cc(NC(=O)C(C)CC)cc(C(=O)OCC)c1. The number of carbonyl (C=O) groups excluding carboxylic acids is 3. The fraction of sp³-hybridized carbons (Fsp3) is 0.471. The molecule has 126 valence electrons. The summed E-state index contributed by atoms with van der Waals surface area (Å²) in [5.41, 5.74) is 0.748. The Kier molecular flexibility index (Phi) is 7.25. The van der Waals surface area contributed by atoms with E-state index < -0.39 is 11.9 Å². The van der Waals surface area contributed by atoms with Crippen molar-refractivity contribution in [3.05, 3.63) is 29.3 Å². The molecule has 0 aliphatic carbocycles. The number of ether oxygens (including phenoxy) is 2. The summed E-state index contributed by atoms with van der Waals surface area (Å²) in [6, 6.07) is 4.37. The van der Waals surface area contributed by atoms with Gasteiger partial charge in [0.1, 0.15) is 0 Å². The highest BCUT2D eigenvalue weighted by molar-refractivity contribution is 5.99. The molecule has 0 radical (unpaired) electrons. The smallest absolute Gasteiger partial charge is 0.338 e. The zero-order valence-corrected chi connectivity index (χ0v) is 14.0. The fourth-order valence-corrected chi connectivity index (χ4v) is 1.82. The molecule has 6 nitrogen and oxygen atoms in total. The average molecular weight is 321 g/mol. The van der Waals surface area contributed by atoms with Crippen LogP contribution in [0.2, 0.25) is 0 Å². The van der Waals surface area contributed by atoms with Gasteiger partial charge in [0.05, 0.1) is 24.3 Å². The number of esters is 2. The lowest BCUT2D eigenvalue weighted by Gasteiger charge is -2.12. The maximum Gasteiger partial charge on any atom is 0.338 e. The molecule has 1 atom stereocenters. The zero-order valence-electron chi connectivity index (χ0n) is 14.0. The topological polar surface area (TPSA) is 81.7 Å². The summed E-state index contributed by atoms with van der Waals surface area (Å²) in [6.45, 7) is 7.53. The lowest BCUT2D eigenvalue weighted by atomic mass is 10.1. The molecule has 0 heterocycles. The van der Waals surface area contributed by atoms with Gasteiger partial charge in [-0.15, -0.1) is 0 Å². The van der Waals surface area contributed by atoms with Crippen LogP contribution in [0.25, 0.3) is 0 Å². The van der Waals surface area contributed by atoms with Gasteiger partial charge in [-0.05, 0) is 38.5 Å². The van der Waals surface area contributed by atoms with Crippen LogP contribution in [0.5, 0.6) is 0 Å². The number of hydrogen-bond donors (Lipinski definition) is 1. The van der Waals surface area contributed by atoms with Crippen LogP contribution in [0.15, 0.2) is 18.2 Å². The summed E-state index contributed by atoms with van der Waals surface area (Å²) in [4.78, 5) is 35.9. The molecule has 1 aromatic rings. The van der Waals surface area contributed by atoms with Crippen LogP contribution in [0.4, 0.5) is 5.69 Å². The van der Waals surface area contributed by atoms with Crippen LogP contribution in [-0.4, -0.2) is 31.1 Å². The Morgan fingerprint density at radius 1 is 0.957 bits per heavy atom. The van der Waals surface area contributed by atoms with E-state index >= 15 is 0 Å². The van der Waals surface area contributed by atoms with E-state index in [1.54, 1.807) is 20.8 Å². The van der Waals surface area contributed by atoms with Crippen molar-refractivity contribution in [1.82, 2.24) is 0 Å². The summed E-state index contributed by atoms with van der Waals surface area (Å²) in [7, 11) is 0. The van der Waals surface area contributed by atoms with Crippen LogP contribution >= 0.6 is 0 Å². The standard InChI is InChI=1S/C17H23NO5/c1-5-11(4)15(19)18-14-9-12(16(20)22-6-2)8-13(10-14)17(21)23-7-3/h8-11H,5-7H2,1-4H3,(H,18,19). The third-order valence-electron chi connectivity index (χ3n) is 3.28. The Morgan fingerprint density at radius 3 is 1.83 bits per heavy atom. The Morgan fingerprint density at radius 2 is 1.43 bits per heavy atom. The molecule has 0 spiro atoms. The van der Waals surface area contributed by atoms with E-state index in [9.17, 15) is 14.4 Å². The molecule has 23 heavy (non-hydrogen) atoms. The number of anilines is 1. The van der Waals surface area contributed by atoms with Gasteiger partial charge < -0.3 is 14.8 Å². The van der Waals surface area contributed by atoms with Crippen LogP contribution in [0.1, 0.15) is 54.8 Å². The minimum atomic E-state index is -0.558. The van der Waals surface area contributed by atoms with Gasteiger partial charge in [0.2, 0.25) is 5.91 Å². The number of amides is 1. The molecule has 1 unspecified atom stereocenters. The maximum atomic E-state index is 12.0. The molecular weight excluding hydrogens is 298 g/mol. The molecule has 0 bridgehead atoms. The average Bonchev–Trinajstić information content (AvgIpc) is 2.54. The van der Waals surface area contributed by atoms with E-state index in [0.717, 1.165) is 0 Å². The molecule has 6 heteroatoms. The summed E-state index contributed by atoms with van der Waals surface area (Å²) in [5.74, 6) is -1.47. The second-order valence-corrected chi connectivity index (χ2v) is 5.04. The Hall–Kier alpha value is -2.37. The fourth-order valence-electron chi connectivity index (χ4n) is 1.82. The molecular formula is C17H23NO5. The van der Waals surface area contributed by atoms with Crippen molar-refractivity contribution in [3.8, 4) is 0 Å². The Labute approximate surface area is 136 Å². The van der Waals surface area contributed by atoms with Crippen molar-refractivity contribution >= 4 is 23.5 Å². The van der Waals surface area contributed by atoms with Crippen molar-refractivity contribution in [1.29, 1.82) is 0 Å². The van der Waals surface area contributed by atoms with E-state index in [4.69, 9.17) is 9.47 Å². The molecule has 1 rings (SSSR count). The van der Waals surface area contributed by atoms with Gasteiger partial charge in [0.15, 0.2) is 0 Å². The van der Waals surface area contributed by atoms with E-state index in [0.29, 0.717) is 12.1 Å². The first kappa shape index (κ1) is 18.7. The lowest BCUT2D eigenvalue weighted by Crippen LogP contribution is -2.20. The first-order valence-corrected chi connectivity index (χ1v) is 7.73. The van der Waals surface area contributed by atoms with Gasteiger partial charge in [0, 0.05) is 11.6 Å². The first-order valence-electron chi connectivity index (χ1n) is 7.73. The van der Waals surface area contributed by atoms with Crippen LogP contribution in [0.3, 0.4) is 0 Å². The van der Waals surface area contributed by atoms with E-state index in [-0.39, 0.29) is 36.2 Å². The van der Waals surface area contributed by atoms with Gasteiger partial charge >= 0.3 is 11.9 Å². The van der Waals surface area contributed by atoms with Gasteiger partial charge in [-0.2, -0.15) is 0 Å². The minimum absolute atomic E-state index is 0.174. The Bertz CT molecular complexity index is 546. The highest BCUT2D eigenvalue weighted by Crippen LogP contribution is 2.18. The molecule has 0 aromatic heterocycles. The molecule has 1 aromatic carbocycles. The number of nitrogens with one attached hydrogen (secondary N) is 1. The minimum Gasteiger partial charge on any atom is -0.462 e. The number of carbonyl (C=O) groups is 3. The van der Waals surface area contributed by atoms with Crippen molar-refractivity contribution < 1.29 is 23.9 Å². The zero-order chi connectivity index (χ0) is 17.4. The quantitative estimate of drug-likeness (QED) is 0.781. The second kappa shape index (κ2) is 8.92. The highest BCUT2D eigenvalue weighted by Gasteiger charge is 2.17. The van der Waals surface area contributed by atoms with Gasteiger partial charge in [-0.25, -0.2) is 9.59 Å². The monoisotopic (exact) mass is 321 g/mol. The summed E-state index contributed by atoms with van der Waals surface area (Å²) in [5, 5.41) is 2.71. The van der Waals surface area contributed by atoms with Crippen LogP contribution in [-0.2, 0) is 14.3 Å². The summed E-state index contributed by atoms with van der Waals surface area (Å²) < 4.78 is 9.89. The van der Waals surface area contributed by atoms with Gasteiger partial charge in [-0.1, -0.05) is 13.8 Å². The predicted molar refractivity (Wildman–Crippen MR) is 86.4 cm³/mol. The molecule has 0 saturated heterocycles. The van der Waals surface area contributed by atoms with Crippen molar-refractivity contribution in [2.24, 2.45) is 5.92 Å². The number of benzene rings is 1. The van der Waals surface area contributed by atoms with Gasteiger partial charge in [-0.3, -0.25) is 4.79 Å². The van der Waals surface area contributed by atoms with Crippen molar-refractivity contribution in [2.75, 3.05) is 18.5 Å².